The number of nitrogens with zero attached hydrogens (tertiary/aromatic N) is 1. The number of hydrogen-bond acceptors (Lipinski definition) is 5. The van der Waals surface area contributed by atoms with Crippen molar-refractivity contribution in [2.45, 2.75) is 0 Å². The van der Waals surface area contributed by atoms with E-state index >= 15 is 0 Å². The Kier molecular flexibility index (Phi) is 6.58. The zero-order valence-corrected chi connectivity index (χ0v) is 15.8. The molecule has 30 heavy (non-hydrogen) atoms. The summed E-state index contributed by atoms with van der Waals surface area (Å²) in [7, 11) is 0. The third-order valence-corrected chi connectivity index (χ3v) is 4.02. The summed E-state index contributed by atoms with van der Waals surface area (Å²) >= 11 is 0. The number of hydrazone groups is 1. The number of hydrogen-bond donors (Lipinski definition) is 4. The molecular weight excluding hydrogens is 382 g/mol. The highest BCUT2D eigenvalue weighted by Gasteiger charge is 2.14. The minimum Gasteiger partial charge on any atom is -0.504 e. The van der Waals surface area contributed by atoms with Gasteiger partial charge in [-0.15, -0.1) is 0 Å². The van der Waals surface area contributed by atoms with Gasteiger partial charge in [0.25, 0.3) is 11.8 Å². The van der Waals surface area contributed by atoms with Gasteiger partial charge in [0.1, 0.15) is 5.70 Å². The second-order valence-electron chi connectivity index (χ2n) is 6.24. The molecule has 7 heteroatoms. The summed E-state index contributed by atoms with van der Waals surface area (Å²) < 4.78 is 0. The van der Waals surface area contributed by atoms with E-state index in [1.807, 2.05) is 18.2 Å². The first-order chi connectivity index (χ1) is 14.5. The van der Waals surface area contributed by atoms with E-state index in [0.717, 1.165) is 5.56 Å². The minimum absolute atomic E-state index is 0.0146. The van der Waals surface area contributed by atoms with E-state index in [0.29, 0.717) is 11.1 Å². The van der Waals surface area contributed by atoms with E-state index < -0.39 is 11.8 Å². The van der Waals surface area contributed by atoms with Gasteiger partial charge in [-0.2, -0.15) is 5.10 Å². The van der Waals surface area contributed by atoms with Crippen molar-refractivity contribution in [2.24, 2.45) is 5.10 Å². The predicted molar refractivity (Wildman–Crippen MR) is 114 cm³/mol. The first-order valence-electron chi connectivity index (χ1n) is 9.01. The molecule has 0 atom stereocenters. The van der Waals surface area contributed by atoms with E-state index in [1.54, 1.807) is 42.5 Å². The van der Waals surface area contributed by atoms with Gasteiger partial charge in [0.15, 0.2) is 11.5 Å². The summed E-state index contributed by atoms with van der Waals surface area (Å²) in [5.41, 5.74) is 3.96. The smallest absolute Gasteiger partial charge is 0.287 e. The van der Waals surface area contributed by atoms with Crippen molar-refractivity contribution in [3.05, 3.63) is 101 Å². The van der Waals surface area contributed by atoms with Crippen LogP contribution in [0, 0.1) is 0 Å². The molecule has 7 nitrogen and oxygen atoms in total. The Morgan fingerprint density at radius 3 is 2.13 bits per heavy atom. The molecule has 0 fully saturated rings. The van der Waals surface area contributed by atoms with Gasteiger partial charge in [-0.1, -0.05) is 48.5 Å². The van der Waals surface area contributed by atoms with Crippen LogP contribution in [-0.2, 0) is 4.79 Å². The first kappa shape index (κ1) is 20.3. The van der Waals surface area contributed by atoms with E-state index in [1.165, 1.54) is 30.5 Å². The molecule has 0 aromatic heterocycles. The Balaban J connectivity index is 1.77. The topological polar surface area (TPSA) is 111 Å². The zero-order chi connectivity index (χ0) is 21.3. The maximum Gasteiger partial charge on any atom is 0.287 e. The van der Waals surface area contributed by atoms with Crippen LogP contribution < -0.4 is 10.7 Å². The average molecular weight is 401 g/mol. The van der Waals surface area contributed by atoms with Crippen LogP contribution in [0.3, 0.4) is 0 Å². The third-order valence-electron chi connectivity index (χ3n) is 4.02. The molecule has 0 heterocycles. The van der Waals surface area contributed by atoms with Crippen LogP contribution in [0.15, 0.2) is 89.7 Å². The van der Waals surface area contributed by atoms with E-state index in [2.05, 4.69) is 15.8 Å². The molecule has 0 aliphatic rings. The van der Waals surface area contributed by atoms with Gasteiger partial charge in [0.05, 0.1) is 6.21 Å². The number of rotatable bonds is 6. The van der Waals surface area contributed by atoms with Crippen LogP contribution >= 0.6 is 0 Å². The van der Waals surface area contributed by atoms with Crippen LogP contribution in [-0.4, -0.2) is 28.2 Å². The van der Waals surface area contributed by atoms with Crippen LogP contribution in [0.2, 0.25) is 0 Å². The Hall–Kier alpha value is -4.39. The van der Waals surface area contributed by atoms with Crippen molar-refractivity contribution in [3.8, 4) is 11.5 Å². The molecule has 2 amide bonds. The molecule has 0 aliphatic carbocycles. The third kappa shape index (κ3) is 5.56. The normalized spacial score (nSPS) is 11.3. The van der Waals surface area contributed by atoms with Crippen molar-refractivity contribution < 1.29 is 19.8 Å². The monoisotopic (exact) mass is 401 g/mol. The molecule has 0 radical (unpaired) electrons. The number of aromatic hydroxyl groups is 2. The van der Waals surface area contributed by atoms with Crippen molar-refractivity contribution >= 4 is 24.1 Å². The molecule has 3 aromatic rings. The molecule has 4 N–H and O–H groups in total. The number of carbonyl (C=O) groups is 2. The molecule has 0 saturated carbocycles. The lowest BCUT2D eigenvalue weighted by Crippen LogP contribution is -2.32. The molecule has 3 rings (SSSR count). The molecule has 0 spiro atoms. The maximum absolute atomic E-state index is 12.6. The molecule has 150 valence electrons. The number of phenolic OH excluding ortho intramolecular Hbond substituents is 2. The van der Waals surface area contributed by atoms with Gasteiger partial charge in [-0.05, 0) is 47.5 Å². The number of phenols is 2. The zero-order valence-electron chi connectivity index (χ0n) is 15.8. The molecular formula is C23H19N3O4. The largest absolute Gasteiger partial charge is 0.504 e. The summed E-state index contributed by atoms with van der Waals surface area (Å²) in [5, 5.41) is 25.3. The number of carbonyl (C=O) groups excluding carboxylic acids is 2. The van der Waals surface area contributed by atoms with Crippen molar-refractivity contribution in [1.29, 1.82) is 0 Å². The molecule has 0 saturated heterocycles. The number of amides is 2. The van der Waals surface area contributed by atoms with Crippen molar-refractivity contribution in [2.75, 3.05) is 0 Å². The summed E-state index contributed by atoms with van der Waals surface area (Å²) in [6, 6.07) is 21.7. The number of benzene rings is 3. The lowest BCUT2D eigenvalue weighted by Gasteiger charge is -2.09. The fourth-order valence-corrected chi connectivity index (χ4v) is 2.50. The summed E-state index contributed by atoms with van der Waals surface area (Å²) in [4.78, 5) is 25.1. The number of nitrogens with one attached hydrogen (secondary N) is 2. The molecule has 0 aliphatic heterocycles. The molecule has 3 aromatic carbocycles. The van der Waals surface area contributed by atoms with Crippen LogP contribution in [0.4, 0.5) is 0 Å². The van der Waals surface area contributed by atoms with Gasteiger partial charge in [0.2, 0.25) is 0 Å². The predicted octanol–water partition coefficient (Wildman–Crippen LogP) is 3.02. The van der Waals surface area contributed by atoms with E-state index in [4.69, 9.17) is 0 Å². The van der Waals surface area contributed by atoms with E-state index in [-0.39, 0.29) is 17.2 Å². The van der Waals surface area contributed by atoms with Gasteiger partial charge >= 0.3 is 0 Å². The van der Waals surface area contributed by atoms with Crippen LogP contribution in [0.1, 0.15) is 21.5 Å². The highest BCUT2D eigenvalue weighted by atomic mass is 16.3. The van der Waals surface area contributed by atoms with Gasteiger partial charge in [-0.25, -0.2) is 5.43 Å². The van der Waals surface area contributed by atoms with Crippen molar-refractivity contribution in [1.82, 2.24) is 10.7 Å². The molecule has 0 bridgehead atoms. The Bertz CT molecular complexity index is 1090. The van der Waals surface area contributed by atoms with Crippen LogP contribution in [0.5, 0.6) is 11.5 Å². The van der Waals surface area contributed by atoms with Crippen molar-refractivity contribution in [3.63, 3.8) is 0 Å². The lowest BCUT2D eigenvalue weighted by atomic mass is 10.1. The van der Waals surface area contributed by atoms with Gasteiger partial charge in [0, 0.05) is 5.56 Å². The molecule has 0 unspecified atom stereocenters. The average Bonchev–Trinajstić information content (AvgIpc) is 2.77. The highest BCUT2D eigenvalue weighted by Crippen LogP contribution is 2.23. The lowest BCUT2D eigenvalue weighted by molar-refractivity contribution is -0.117. The Labute approximate surface area is 173 Å². The van der Waals surface area contributed by atoms with Gasteiger partial charge in [-0.3, -0.25) is 9.59 Å². The summed E-state index contributed by atoms with van der Waals surface area (Å²) in [5.74, 6) is -1.61. The minimum atomic E-state index is -0.623. The standard InChI is InChI=1S/C23H19N3O4/c27-20-12-11-17(14-21(20)28)15-24-26-23(30)19(13-16-7-3-1-4-8-16)25-22(29)18-9-5-2-6-10-18/h1-15,27-28H,(H,25,29)(H,26,30)/b19-13-,24-15+. The van der Waals surface area contributed by atoms with Gasteiger partial charge < -0.3 is 15.5 Å². The SMILES string of the molecule is O=C(N/N=C/c1ccc(O)c(O)c1)/C(=C/c1ccccc1)NC(=O)c1ccccc1. The fraction of sp³-hybridized carbons (Fsp3) is 0. The summed E-state index contributed by atoms with van der Waals surface area (Å²) in [6.07, 6.45) is 2.84. The van der Waals surface area contributed by atoms with Crippen LogP contribution in [0.25, 0.3) is 6.08 Å². The second kappa shape index (κ2) is 9.70. The van der Waals surface area contributed by atoms with E-state index in [9.17, 15) is 19.8 Å². The Morgan fingerprint density at radius 2 is 1.47 bits per heavy atom. The Morgan fingerprint density at radius 1 is 0.800 bits per heavy atom. The maximum atomic E-state index is 12.6. The first-order valence-corrected chi connectivity index (χ1v) is 9.01. The fourth-order valence-electron chi connectivity index (χ4n) is 2.50. The highest BCUT2D eigenvalue weighted by molar-refractivity contribution is 6.05. The quantitative estimate of drug-likeness (QED) is 0.220. The second-order valence-corrected chi connectivity index (χ2v) is 6.24. The summed E-state index contributed by atoms with van der Waals surface area (Å²) in [6.45, 7) is 0.